The predicted molar refractivity (Wildman–Crippen MR) is 100 cm³/mol. The molecule has 0 radical (unpaired) electrons. The van der Waals surface area contributed by atoms with Gasteiger partial charge in [0.25, 0.3) is 5.91 Å². The van der Waals surface area contributed by atoms with E-state index in [0.29, 0.717) is 12.1 Å². The Morgan fingerprint density at radius 2 is 2.12 bits per heavy atom. The molecule has 1 aliphatic heterocycles. The molecule has 5 rings (SSSR count). The molecule has 0 saturated heterocycles. The number of H-pyrrole nitrogens is 1. The molecule has 4 heterocycles. The molecule has 1 aliphatic rings. The van der Waals surface area contributed by atoms with Crippen LogP contribution in [0.5, 0.6) is 0 Å². The molecular weight excluding hydrogens is 326 g/mol. The number of para-hydroxylation sites is 1. The van der Waals surface area contributed by atoms with Crippen molar-refractivity contribution in [2.24, 2.45) is 7.05 Å². The van der Waals surface area contributed by atoms with Crippen LogP contribution in [0.4, 0.5) is 5.69 Å². The SMILES string of the molecule is Cn1cc(-c2c[nH]c3ncc(C(=O)N4CCc5ccccc54)cc23)cn1. The van der Waals surface area contributed by atoms with Crippen LogP contribution < -0.4 is 4.90 Å². The van der Waals surface area contributed by atoms with Crippen LogP contribution >= 0.6 is 0 Å². The fourth-order valence-corrected chi connectivity index (χ4v) is 3.62. The summed E-state index contributed by atoms with van der Waals surface area (Å²) in [5.74, 6) is -0.0114. The van der Waals surface area contributed by atoms with Crippen molar-refractivity contribution < 1.29 is 4.79 Å². The number of hydrogen-bond donors (Lipinski definition) is 1. The van der Waals surface area contributed by atoms with Crippen molar-refractivity contribution in [3.8, 4) is 11.1 Å². The fraction of sp³-hybridized carbons (Fsp3) is 0.150. The summed E-state index contributed by atoms with van der Waals surface area (Å²) < 4.78 is 1.76. The van der Waals surface area contributed by atoms with Crippen LogP contribution in [0, 0.1) is 0 Å². The lowest BCUT2D eigenvalue weighted by Crippen LogP contribution is -2.28. The van der Waals surface area contributed by atoms with Crippen molar-refractivity contribution in [2.75, 3.05) is 11.4 Å². The normalized spacial score (nSPS) is 13.3. The van der Waals surface area contributed by atoms with Gasteiger partial charge in [-0.15, -0.1) is 0 Å². The topological polar surface area (TPSA) is 66.8 Å². The van der Waals surface area contributed by atoms with Crippen molar-refractivity contribution in [1.29, 1.82) is 0 Å². The Bertz CT molecular complexity index is 1140. The number of anilines is 1. The Balaban J connectivity index is 1.57. The van der Waals surface area contributed by atoms with E-state index < -0.39 is 0 Å². The number of rotatable bonds is 2. The third kappa shape index (κ3) is 2.23. The molecule has 0 bridgehead atoms. The minimum atomic E-state index is -0.0114. The van der Waals surface area contributed by atoms with Gasteiger partial charge in [0, 0.05) is 54.4 Å². The number of carbonyl (C=O) groups is 1. The molecule has 1 aromatic carbocycles. The highest BCUT2D eigenvalue weighted by molar-refractivity contribution is 6.09. The first-order valence-corrected chi connectivity index (χ1v) is 8.56. The van der Waals surface area contributed by atoms with Crippen LogP contribution in [0.2, 0.25) is 0 Å². The van der Waals surface area contributed by atoms with Crippen LogP contribution in [0.15, 0.2) is 55.1 Å². The third-order valence-corrected chi connectivity index (χ3v) is 4.93. The Morgan fingerprint density at radius 1 is 1.23 bits per heavy atom. The maximum Gasteiger partial charge on any atom is 0.259 e. The zero-order chi connectivity index (χ0) is 17.7. The van der Waals surface area contributed by atoms with Gasteiger partial charge in [-0.05, 0) is 24.1 Å². The number of carbonyl (C=O) groups excluding carboxylic acids is 1. The van der Waals surface area contributed by atoms with E-state index in [1.807, 2.05) is 54.8 Å². The van der Waals surface area contributed by atoms with Gasteiger partial charge < -0.3 is 9.88 Å². The van der Waals surface area contributed by atoms with Gasteiger partial charge in [0.05, 0.1) is 11.8 Å². The Labute approximate surface area is 150 Å². The predicted octanol–water partition coefficient (Wildman–Crippen LogP) is 3.17. The van der Waals surface area contributed by atoms with Gasteiger partial charge in [0.15, 0.2) is 0 Å². The first kappa shape index (κ1) is 14.9. The molecule has 0 spiro atoms. The van der Waals surface area contributed by atoms with Crippen molar-refractivity contribution in [3.63, 3.8) is 0 Å². The summed E-state index contributed by atoms with van der Waals surface area (Å²) in [5.41, 5.74) is 5.57. The minimum absolute atomic E-state index is 0.0114. The molecule has 0 atom stereocenters. The van der Waals surface area contributed by atoms with E-state index in [4.69, 9.17) is 0 Å². The molecule has 0 aliphatic carbocycles. The van der Waals surface area contributed by atoms with E-state index in [9.17, 15) is 4.79 Å². The summed E-state index contributed by atoms with van der Waals surface area (Å²) in [7, 11) is 1.89. The van der Waals surface area contributed by atoms with Gasteiger partial charge >= 0.3 is 0 Å². The number of nitrogens with zero attached hydrogens (tertiary/aromatic N) is 4. The van der Waals surface area contributed by atoms with Crippen LogP contribution in [0.3, 0.4) is 0 Å². The van der Waals surface area contributed by atoms with Crippen molar-refractivity contribution in [1.82, 2.24) is 19.7 Å². The zero-order valence-electron chi connectivity index (χ0n) is 14.3. The number of aromatic nitrogens is 4. The highest BCUT2D eigenvalue weighted by atomic mass is 16.2. The highest BCUT2D eigenvalue weighted by Crippen LogP contribution is 2.31. The first-order valence-electron chi connectivity index (χ1n) is 8.56. The summed E-state index contributed by atoms with van der Waals surface area (Å²) in [5, 5.41) is 5.16. The van der Waals surface area contributed by atoms with E-state index >= 15 is 0 Å². The summed E-state index contributed by atoms with van der Waals surface area (Å²) in [4.78, 5) is 22.6. The number of amides is 1. The molecular formula is C20H17N5O. The monoisotopic (exact) mass is 343 g/mol. The zero-order valence-corrected chi connectivity index (χ0v) is 14.3. The largest absolute Gasteiger partial charge is 0.346 e. The second-order valence-corrected chi connectivity index (χ2v) is 6.56. The molecule has 128 valence electrons. The molecule has 26 heavy (non-hydrogen) atoms. The molecule has 1 N–H and O–H groups in total. The first-order chi connectivity index (χ1) is 12.7. The number of aromatic amines is 1. The van der Waals surface area contributed by atoms with Crippen molar-refractivity contribution >= 4 is 22.6 Å². The van der Waals surface area contributed by atoms with Gasteiger partial charge in [-0.3, -0.25) is 9.48 Å². The smallest absolute Gasteiger partial charge is 0.259 e. The molecule has 3 aromatic heterocycles. The molecule has 6 heteroatoms. The summed E-state index contributed by atoms with van der Waals surface area (Å²) in [6.07, 6.45) is 8.22. The third-order valence-electron chi connectivity index (χ3n) is 4.93. The van der Waals surface area contributed by atoms with Gasteiger partial charge in [-0.1, -0.05) is 18.2 Å². The molecule has 0 saturated carbocycles. The molecule has 1 amide bonds. The Kier molecular flexibility index (Phi) is 3.18. The second-order valence-electron chi connectivity index (χ2n) is 6.56. The summed E-state index contributed by atoms with van der Waals surface area (Å²) >= 11 is 0. The fourth-order valence-electron chi connectivity index (χ4n) is 3.62. The Hall–Kier alpha value is -3.41. The van der Waals surface area contributed by atoms with E-state index in [1.54, 1.807) is 10.9 Å². The van der Waals surface area contributed by atoms with Gasteiger partial charge in [0.1, 0.15) is 5.65 Å². The minimum Gasteiger partial charge on any atom is -0.346 e. The average Bonchev–Trinajstić information content (AvgIpc) is 3.38. The van der Waals surface area contributed by atoms with E-state index in [1.165, 1.54) is 5.56 Å². The number of nitrogens with one attached hydrogen (secondary N) is 1. The standard InChI is InChI=1S/C20H17N5O/c1-24-12-15(10-23-24)17-11-22-19-16(17)8-14(9-21-19)20(26)25-7-6-13-4-2-3-5-18(13)25/h2-5,8-12H,6-7H2,1H3,(H,21,22). The van der Waals surface area contributed by atoms with Crippen LogP contribution in [-0.4, -0.2) is 32.2 Å². The number of hydrogen-bond acceptors (Lipinski definition) is 3. The van der Waals surface area contributed by atoms with Gasteiger partial charge in [0.2, 0.25) is 0 Å². The van der Waals surface area contributed by atoms with Crippen molar-refractivity contribution in [2.45, 2.75) is 6.42 Å². The highest BCUT2D eigenvalue weighted by Gasteiger charge is 2.25. The van der Waals surface area contributed by atoms with Gasteiger partial charge in [-0.25, -0.2) is 4.98 Å². The maximum atomic E-state index is 13.1. The molecule has 0 fully saturated rings. The maximum absolute atomic E-state index is 13.1. The van der Waals surface area contributed by atoms with Crippen molar-refractivity contribution in [3.05, 3.63) is 66.2 Å². The molecule has 0 unspecified atom stereocenters. The van der Waals surface area contributed by atoms with Crippen LogP contribution in [0.25, 0.3) is 22.2 Å². The number of aryl methyl sites for hydroxylation is 1. The second kappa shape index (κ2) is 5.56. The number of pyridine rings is 1. The lowest BCUT2D eigenvalue weighted by molar-refractivity contribution is 0.0989. The van der Waals surface area contributed by atoms with E-state index in [0.717, 1.165) is 34.3 Å². The van der Waals surface area contributed by atoms with E-state index in [-0.39, 0.29) is 5.91 Å². The Morgan fingerprint density at radius 3 is 2.96 bits per heavy atom. The lowest BCUT2D eigenvalue weighted by Gasteiger charge is -2.17. The molecule has 6 nitrogen and oxygen atoms in total. The van der Waals surface area contributed by atoms with E-state index in [2.05, 4.69) is 21.1 Å². The van der Waals surface area contributed by atoms with Crippen LogP contribution in [0.1, 0.15) is 15.9 Å². The number of benzene rings is 1. The number of fused-ring (bicyclic) bond motifs is 2. The lowest BCUT2D eigenvalue weighted by atomic mass is 10.1. The quantitative estimate of drug-likeness (QED) is 0.608. The molecule has 4 aromatic rings. The van der Waals surface area contributed by atoms with Crippen LogP contribution in [-0.2, 0) is 13.5 Å². The van der Waals surface area contributed by atoms with Gasteiger partial charge in [-0.2, -0.15) is 5.10 Å². The average molecular weight is 343 g/mol. The summed E-state index contributed by atoms with van der Waals surface area (Å²) in [6.45, 7) is 0.707. The summed E-state index contributed by atoms with van der Waals surface area (Å²) in [6, 6.07) is 9.99.